The Morgan fingerprint density at radius 2 is 1.94 bits per heavy atom. The van der Waals surface area contributed by atoms with Crippen molar-refractivity contribution >= 4 is 12.0 Å². The zero-order valence-electron chi connectivity index (χ0n) is 9.78. The highest BCUT2D eigenvalue weighted by Gasteiger charge is 2.22. The lowest BCUT2D eigenvalue weighted by molar-refractivity contribution is 0.102. The number of Topliss-reactive ketones (excluding diaryl/α,β-unsaturated/α-hetero) is 1. The largest absolute Gasteiger partial charge is 0.287 e. The van der Waals surface area contributed by atoms with Crippen LogP contribution in [0.15, 0.2) is 40.5 Å². The van der Waals surface area contributed by atoms with Crippen molar-refractivity contribution in [2.24, 2.45) is 4.99 Å². The van der Waals surface area contributed by atoms with Gasteiger partial charge in [-0.3, -0.25) is 9.79 Å². The van der Waals surface area contributed by atoms with Gasteiger partial charge in [0.15, 0.2) is 0 Å². The predicted octanol–water partition coefficient (Wildman–Crippen LogP) is 3.32. The van der Waals surface area contributed by atoms with Crippen molar-refractivity contribution in [1.82, 2.24) is 0 Å². The molecule has 0 N–H and O–H groups in total. The maximum atomic E-state index is 12.5. The van der Waals surface area contributed by atoms with Gasteiger partial charge in [-0.25, -0.2) is 0 Å². The lowest BCUT2D eigenvalue weighted by Crippen LogP contribution is -2.13. The number of carbonyl (C=O) groups excluding carboxylic acids is 1. The van der Waals surface area contributed by atoms with Gasteiger partial charge in [-0.2, -0.15) is 0 Å². The number of fused-ring (bicyclic) bond motifs is 1. The molecule has 0 atom stereocenters. The summed E-state index contributed by atoms with van der Waals surface area (Å²) in [5.41, 5.74) is 3.99. The number of carbonyl (C=O) groups is 1. The molecule has 1 heterocycles. The van der Waals surface area contributed by atoms with Crippen LogP contribution in [0.5, 0.6) is 0 Å². The minimum absolute atomic E-state index is 0.117. The Bertz CT molecular complexity index is 525. The molecule has 2 heteroatoms. The molecule has 86 valence electrons. The van der Waals surface area contributed by atoms with E-state index >= 15 is 0 Å². The van der Waals surface area contributed by atoms with Crippen molar-refractivity contribution in [1.29, 1.82) is 0 Å². The van der Waals surface area contributed by atoms with E-state index in [1.807, 2.05) is 24.4 Å². The smallest absolute Gasteiger partial charge is 0.211 e. The van der Waals surface area contributed by atoms with E-state index in [0.717, 1.165) is 37.7 Å². The molecule has 0 saturated carbocycles. The molecule has 17 heavy (non-hydrogen) atoms. The Balaban J connectivity index is 2.12. The number of aryl methyl sites for hydroxylation is 1. The van der Waals surface area contributed by atoms with Crippen LogP contribution in [-0.2, 0) is 6.42 Å². The van der Waals surface area contributed by atoms with E-state index in [0.29, 0.717) is 5.70 Å². The van der Waals surface area contributed by atoms with E-state index < -0.39 is 0 Å². The maximum Gasteiger partial charge on any atom is 0.211 e. The van der Waals surface area contributed by atoms with Gasteiger partial charge in [0.1, 0.15) is 5.70 Å². The first-order valence-corrected chi connectivity index (χ1v) is 6.23. The summed E-state index contributed by atoms with van der Waals surface area (Å²) in [5, 5.41) is 0. The number of aliphatic imine (C=N–C) groups is 1. The molecule has 0 unspecified atom stereocenters. The minimum Gasteiger partial charge on any atom is -0.287 e. The molecule has 1 aliphatic carbocycles. The third-order valence-electron chi connectivity index (χ3n) is 3.53. The average Bonchev–Trinajstić information content (AvgIpc) is 2.37. The zero-order valence-corrected chi connectivity index (χ0v) is 9.78. The van der Waals surface area contributed by atoms with Crippen LogP contribution in [0.4, 0.5) is 0 Å². The van der Waals surface area contributed by atoms with Crippen LogP contribution in [0.3, 0.4) is 0 Å². The molecule has 2 nitrogen and oxygen atoms in total. The number of nitrogens with zero attached hydrogens (tertiary/aromatic N) is 1. The van der Waals surface area contributed by atoms with Gasteiger partial charge in [-0.15, -0.1) is 0 Å². The SMILES string of the molecule is O=C1C2=C(CCC=N2)CCCc2ccccc21. The summed E-state index contributed by atoms with van der Waals surface area (Å²) < 4.78 is 0. The number of hydrogen-bond donors (Lipinski definition) is 0. The van der Waals surface area contributed by atoms with Gasteiger partial charge < -0.3 is 0 Å². The highest BCUT2D eigenvalue weighted by atomic mass is 16.1. The van der Waals surface area contributed by atoms with E-state index in [1.54, 1.807) is 0 Å². The third-order valence-corrected chi connectivity index (χ3v) is 3.53. The Labute approximate surface area is 101 Å². The number of benzene rings is 1. The molecule has 2 aliphatic rings. The van der Waals surface area contributed by atoms with Gasteiger partial charge in [0.25, 0.3) is 0 Å². The number of ketones is 1. The quantitative estimate of drug-likeness (QED) is 0.666. The Morgan fingerprint density at radius 3 is 2.88 bits per heavy atom. The Kier molecular flexibility index (Phi) is 2.63. The molecule has 1 aromatic carbocycles. The van der Waals surface area contributed by atoms with Crippen LogP contribution in [0.25, 0.3) is 0 Å². The molecule has 1 aromatic rings. The fourth-order valence-corrected chi connectivity index (χ4v) is 2.65. The molecule has 3 rings (SSSR count). The van der Waals surface area contributed by atoms with Crippen molar-refractivity contribution in [2.45, 2.75) is 32.1 Å². The lowest BCUT2D eigenvalue weighted by Gasteiger charge is -2.19. The van der Waals surface area contributed by atoms with E-state index in [4.69, 9.17) is 0 Å². The second-order valence-corrected chi connectivity index (χ2v) is 4.64. The van der Waals surface area contributed by atoms with Gasteiger partial charge in [-0.1, -0.05) is 24.3 Å². The van der Waals surface area contributed by atoms with Crippen LogP contribution < -0.4 is 0 Å². The molecular formula is C15H15NO. The molecular weight excluding hydrogens is 210 g/mol. The van der Waals surface area contributed by atoms with Gasteiger partial charge in [0, 0.05) is 11.8 Å². The second-order valence-electron chi connectivity index (χ2n) is 4.64. The fraction of sp³-hybridized carbons (Fsp3) is 0.333. The van der Waals surface area contributed by atoms with Crippen LogP contribution >= 0.6 is 0 Å². The van der Waals surface area contributed by atoms with Gasteiger partial charge in [0.05, 0.1) is 0 Å². The van der Waals surface area contributed by atoms with E-state index in [2.05, 4.69) is 11.1 Å². The van der Waals surface area contributed by atoms with Crippen LogP contribution in [-0.4, -0.2) is 12.0 Å². The maximum absolute atomic E-state index is 12.5. The number of rotatable bonds is 0. The molecule has 0 fully saturated rings. The van der Waals surface area contributed by atoms with Crippen LogP contribution in [0.1, 0.15) is 41.6 Å². The number of allylic oxidation sites excluding steroid dienone is 2. The average molecular weight is 225 g/mol. The normalized spacial score (nSPS) is 19.4. The minimum atomic E-state index is 0.117. The molecule has 0 radical (unpaired) electrons. The highest BCUT2D eigenvalue weighted by molar-refractivity contribution is 6.11. The molecule has 1 aliphatic heterocycles. The zero-order chi connectivity index (χ0) is 11.7. The van der Waals surface area contributed by atoms with E-state index in [9.17, 15) is 4.79 Å². The molecule has 0 bridgehead atoms. The van der Waals surface area contributed by atoms with Gasteiger partial charge in [0.2, 0.25) is 5.78 Å². The van der Waals surface area contributed by atoms with Crippen molar-refractivity contribution < 1.29 is 4.79 Å². The van der Waals surface area contributed by atoms with Crippen molar-refractivity contribution in [2.75, 3.05) is 0 Å². The first-order chi connectivity index (χ1) is 8.36. The standard InChI is InChI=1S/C15H15NO/c17-15-13-9-2-1-5-11(13)6-3-7-12-8-4-10-16-14(12)15/h1-2,5,9-10H,3-4,6-8H2. The van der Waals surface area contributed by atoms with Crippen LogP contribution in [0.2, 0.25) is 0 Å². The summed E-state index contributed by atoms with van der Waals surface area (Å²) in [4.78, 5) is 16.8. The van der Waals surface area contributed by atoms with Crippen molar-refractivity contribution in [3.63, 3.8) is 0 Å². The predicted molar refractivity (Wildman–Crippen MR) is 68.5 cm³/mol. The van der Waals surface area contributed by atoms with Crippen molar-refractivity contribution in [3.8, 4) is 0 Å². The van der Waals surface area contributed by atoms with Gasteiger partial charge >= 0.3 is 0 Å². The molecule has 0 saturated heterocycles. The first-order valence-electron chi connectivity index (χ1n) is 6.23. The summed E-state index contributed by atoms with van der Waals surface area (Å²) >= 11 is 0. The van der Waals surface area contributed by atoms with E-state index in [1.165, 1.54) is 11.1 Å². The summed E-state index contributed by atoms with van der Waals surface area (Å²) in [7, 11) is 0. The summed E-state index contributed by atoms with van der Waals surface area (Å²) in [5.74, 6) is 0.117. The second kappa shape index (κ2) is 4.28. The first kappa shape index (κ1) is 10.5. The van der Waals surface area contributed by atoms with Crippen LogP contribution in [0, 0.1) is 0 Å². The monoisotopic (exact) mass is 225 g/mol. The molecule has 0 amide bonds. The third kappa shape index (κ3) is 1.84. The number of hydrogen-bond acceptors (Lipinski definition) is 2. The summed E-state index contributed by atoms with van der Waals surface area (Å²) in [6.07, 6.45) is 7.01. The van der Waals surface area contributed by atoms with E-state index in [-0.39, 0.29) is 5.78 Å². The fourth-order valence-electron chi connectivity index (χ4n) is 2.65. The molecule has 0 aromatic heterocycles. The Hall–Kier alpha value is -1.70. The lowest BCUT2D eigenvalue weighted by atomic mass is 9.88. The summed E-state index contributed by atoms with van der Waals surface area (Å²) in [6, 6.07) is 7.93. The van der Waals surface area contributed by atoms with Crippen molar-refractivity contribution in [3.05, 3.63) is 46.7 Å². The van der Waals surface area contributed by atoms with Gasteiger partial charge in [-0.05, 0) is 43.2 Å². The Morgan fingerprint density at radius 1 is 1.06 bits per heavy atom. The topological polar surface area (TPSA) is 29.4 Å². The highest BCUT2D eigenvalue weighted by Crippen LogP contribution is 2.29. The summed E-state index contributed by atoms with van der Waals surface area (Å²) in [6.45, 7) is 0. The molecule has 0 spiro atoms.